The first-order valence-corrected chi connectivity index (χ1v) is 13.2. The van der Waals surface area contributed by atoms with E-state index in [0.29, 0.717) is 24.2 Å². The zero-order valence-electron chi connectivity index (χ0n) is 21.8. The van der Waals surface area contributed by atoms with E-state index in [2.05, 4.69) is 20.6 Å². The van der Waals surface area contributed by atoms with Gasteiger partial charge in [-0.15, -0.1) is 0 Å². The summed E-state index contributed by atoms with van der Waals surface area (Å²) in [5, 5.41) is 12.1. The number of nitrogens with zero attached hydrogens (tertiary/aromatic N) is 5. The molecular formula is C29H33N6O3+. The Kier molecular flexibility index (Phi) is 6.45. The van der Waals surface area contributed by atoms with E-state index in [1.807, 2.05) is 80.7 Å². The summed E-state index contributed by atoms with van der Waals surface area (Å²) in [6, 6.07) is 20.9. The standard InChI is InChI=1S/C29H33N6O3/c1-20-17-24(34(2)32-20)28-31-26(33-38-28)19-35-15-13-21(14-16-35)25(18-35)37-29(36)27(22-9-5-3-6-10-22)30-23-11-7-4-8-12-23/h3-12,17,21,25,27,30H,13-16,18-19H2,1-2H3/q+1/t21?,25-,27+,35?/m0/s1. The smallest absolute Gasteiger partial charge is 0.333 e. The Balaban J connectivity index is 1.17. The summed E-state index contributed by atoms with van der Waals surface area (Å²) in [5.74, 6) is 1.29. The maximum Gasteiger partial charge on any atom is 0.333 e. The Morgan fingerprint density at radius 2 is 1.84 bits per heavy atom. The number of anilines is 1. The Morgan fingerprint density at radius 1 is 1.13 bits per heavy atom. The number of fused-ring (bicyclic) bond motifs is 3. The van der Waals surface area contributed by atoms with E-state index in [4.69, 9.17) is 9.26 Å². The van der Waals surface area contributed by atoms with Crippen molar-refractivity contribution in [3.63, 3.8) is 0 Å². The predicted octanol–water partition coefficient (Wildman–Crippen LogP) is 4.28. The van der Waals surface area contributed by atoms with Gasteiger partial charge in [0.1, 0.15) is 18.8 Å². The second-order valence-corrected chi connectivity index (χ2v) is 10.6. The molecule has 3 fully saturated rings. The van der Waals surface area contributed by atoms with Gasteiger partial charge < -0.3 is 19.1 Å². The largest absolute Gasteiger partial charge is 0.454 e. The SMILES string of the molecule is Cc1cc(-c2nc(C[N+]34CCC(CC3)[C@@H](OC(=O)[C@H](Nc3ccccc3)c3ccccc3)C4)no2)n(C)n1. The topological polar surface area (TPSA) is 95.1 Å². The zero-order chi connectivity index (χ0) is 26.1. The third-order valence-electron chi connectivity index (χ3n) is 7.93. The number of esters is 1. The summed E-state index contributed by atoms with van der Waals surface area (Å²) >= 11 is 0. The van der Waals surface area contributed by atoms with Gasteiger partial charge in [0.25, 0.3) is 5.89 Å². The van der Waals surface area contributed by atoms with E-state index in [1.165, 1.54) is 0 Å². The fraction of sp³-hybridized carbons (Fsp3) is 0.379. The van der Waals surface area contributed by atoms with Gasteiger partial charge in [-0.05, 0) is 30.7 Å². The van der Waals surface area contributed by atoms with Crippen LogP contribution in [0.25, 0.3) is 11.6 Å². The zero-order valence-corrected chi connectivity index (χ0v) is 21.8. The normalized spacial score (nSPS) is 23.2. The van der Waals surface area contributed by atoms with Crippen LogP contribution < -0.4 is 5.32 Å². The summed E-state index contributed by atoms with van der Waals surface area (Å²) in [6.45, 7) is 5.41. The second kappa shape index (κ2) is 10.1. The van der Waals surface area contributed by atoms with Crippen LogP contribution in [0.15, 0.2) is 71.3 Å². The van der Waals surface area contributed by atoms with Gasteiger partial charge in [-0.3, -0.25) is 4.68 Å². The van der Waals surface area contributed by atoms with Gasteiger partial charge in [0, 0.05) is 31.5 Å². The van der Waals surface area contributed by atoms with E-state index < -0.39 is 6.04 Å². The van der Waals surface area contributed by atoms with Gasteiger partial charge in [-0.2, -0.15) is 10.1 Å². The fourth-order valence-electron chi connectivity index (χ4n) is 5.95. The Labute approximate surface area is 222 Å². The predicted molar refractivity (Wildman–Crippen MR) is 142 cm³/mol. The molecule has 0 aliphatic carbocycles. The monoisotopic (exact) mass is 513 g/mol. The number of piperidine rings is 3. The third-order valence-corrected chi connectivity index (χ3v) is 7.93. The fourth-order valence-corrected chi connectivity index (χ4v) is 5.95. The van der Waals surface area contributed by atoms with Gasteiger partial charge >= 0.3 is 5.97 Å². The number of nitrogens with one attached hydrogen (secondary N) is 1. The van der Waals surface area contributed by atoms with Crippen molar-refractivity contribution in [2.24, 2.45) is 13.0 Å². The molecule has 2 bridgehead atoms. The molecule has 196 valence electrons. The number of carbonyl (C=O) groups excluding carboxylic acids is 1. The van der Waals surface area contributed by atoms with Crippen molar-refractivity contribution in [1.29, 1.82) is 0 Å². The number of aromatic nitrogens is 4. The minimum atomic E-state index is -0.579. The molecule has 2 aromatic carbocycles. The van der Waals surface area contributed by atoms with E-state index in [-0.39, 0.29) is 12.1 Å². The van der Waals surface area contributed by atoms with Gasteiger partial charge in [0.05, 0.1) is 18.8 Å². The Hall–Kier alpha value is -3.98. The number of quaternary nitrogens is 1. The minimum absolute atomic E-state index is 0.139. The minimum Gasteiger partial charge on any atom is -0.454 e. The van der Waals surface area contributed by atoms with E-state index in [9.17, 15) is 4.79 Å². The Morgan fingerprint density at radius 3 is 2.53 bits per heavy atom. The number of para-hydroxylation sites is 1. The number of ether oxygens (including phenoxy) is 1. The first kappa shape index (κ1) is 24.4. The number of benzene rings is 2. The van der Waals surface area contributed by atoms with Crippen LogP contribution in [-0.2, 0) is 23.1 Å². The summed E-state index contributed by atoms with van der Waals surface area (Å²) < 4.78 is 14.4. The molecule has 9 heteroatoms. The highest BCUT2D eigenvalue weighted by Crippen LogP contribution is 2.38. The first-order chi connectivity index (χ1) is 18.5. The number of carbonyl (C=O) groups is 1. The molecule has 3 saturated heterocycles. The lowest BCUT2D eigenvalue weighted by atomic mass is 9.83. The van der Waals surface area contributed by atoms with Crippen LogP contribution in [-0.4, -0.2) is 56.1 Å². The average molecular weight is 514 g/mol. The molecule has 2 aromatic heterocycles. The molecule has 7 rings (SSSR count). The number of hydrogen-bond acceptors (Lipinski definition) is 7. The van der Waals surface area contributed by atoms with Crippen molar-refractivity contribution >= 4 is 11.7 Å². The highest BCUT2D eigenvalue weighted by molar-refractivity contribution is 5.81. The van der Waals surface area contributed by atoms with Crippen molar-refractivity contribution in [2.75, 3.05) is 25.0 Å². The lowest BCUT2D eigenvalue weighted by Crippen LogP contribution is -2.64. The molecule has 0 unspecified atom stereocenters. The number of hydrogen-bond donors (Lipinski definition) is 1. The highest BCUT2D eigenvalue weighted by Gasteiger charge is 2.48. The van der Waals surface area contributed by atoms with Gasteiger partial charge in [-0.25, -0.2) is 4.79 Å². The highest BCUT2D eigenvalue weighted by atomic mass is 16.5. The molecule has 0 radical (unpaired) electrons. The molecule has 2 atom stereocenters. The van der Waals surface area contributed by atoms with Crippen molar-refractivity contribution in [2.45, 2.75) is 38.5 Å². The van der Waals surface area contributed by atoms with Crippen LogP contribution in [0.4, 0.5) is 5.69 Å². The molecular weight excluding hydrogens is 480 g/mol. The van der Waals surface area contributed by atoms with E-state index >= 15 is 0 Å². The lowest BCUT2D eigenvalue weighted by molar-refractivity contribution is -0.958. The van der Waals surface area contributed by atoms with Crippen LogP contribution in [0, 0.1) is 12.8 Å². The molecule has 9 nitrogen and oxygen atoms in total. The molecule has 0 saturated carbocycles. The van der Waals surface area contributed by atoms with Crippen molar-refractivity contribution < 1.29 is 18.5 Å². The summed E-state index contributed by atoms with van der Waals surface area (Å²) in [4.78, 5) is 18.3. The molecule has 38 heavy (non-hydrogen) atoms. The van der Waals surface area contributed by atoms with Crippen molar-refractivity contribution in [1.82, 2.24) is 19.9 Å². The van der Waals surface area contributed by atoms with Gasteiger partial charge in [0.15, 0.2) is 12.1 Å². The van der Waals surface area contributed by atoms with Crippen LogP contribution >= 0.6 is 0 Å². The molecule has 5 heterocycles. The summed E-state index contributed by atoms with van der Waals surface area (Å²) in [7, 11) is 1.87. The third kappa shape index (κ3) is 4.93. The lowest BCUT2D eigenvalue weighted by Gasteiger charge is -2.51. The molecule has 1 N–H and O–H groups in total. The van der Waals surface area contributed by atoms with Crippen molar-refractivity contribution in [3.8, 4) is 11.6 Å². The quantitative estimate of drug-likeness (QED) is 0.278. The van der Waals surface area contributed by atoms with Gasteiger partial charge in [-0.1, -0.05) is 53.7 Å². The second-order valence-electron chi connectivity index (χ2n) is 10.6. The summed E-state index contributed by atoms with van der Waals surface area (Å²) in [5.41, 5.74) is 3.48. The van der Waals surface area contributed by atoms with Crippen molar-refractivity contribution in [3.05, 3.63) is 83.8 Å². The maximum absolute atomic E-state index is 13.6. The maximum atomic E-state index is 13.6. The number of rotatable bonds is 8. The van der Waals surface area contributed by atoms with Crippen LogP contribution in [0.2, 0.25) is 0 Å². The molecule has 0 amide bonds. The van der Waals surface area contributed by atoms with Crippen LogP contribution in [0.3, 0.4) is 0 Å². The molecule has 0 spiro atoms. The Bertz CT molecular complexity index is 1390. The van der Waals surface area contributed by atoms with Gasteiger partial charge in [0.2, 0.25) is 5.82 Å². The van der Waals surface area contributed by atoms with Crippen LogP contribution in [0.5, 0.6) is 0 Å². The molecule has 3 aliphatic heterocycles. The van der Waals surface area contributed by atoms with E-state index in [0.717, 1.165) is 59.6 Å². The molecule has 3 aliphatic rings. The first-order valence-electron chi connectivity index (χ1n) is 13.2. The van der Waals surface area contributed by atoms with E-state index in [1.54, 1.807) is 4.68 Å². The molecule has 4 aromatic rings. The average Bonchev–Trinajstić information content (AvgIpc) is 3.53. The summed E-state index contributed by atoms with van der Waals surface area (Å²) in [6.07, 6.45) is 1.90. The number of aryl methyl sites for hydroxylation is 2. The van der Waals surface area contributed by atoms with Crippen LogP contribution in [0.1, 0.15) is 36.0 Å².